The highest BCUT2D eigenvalue weighted by atomic mass is 19.1. The minimum atomic E-state index is -0.833. The van der Waals surface area contributed by atoms with E-state index in [-0.39, 0.29) is 18.1 Å². The SMILES string of the molecule is O=C(NCCc1ccccc1)[C@@H]1CCN(c2ccc(F)cc2F)C1=O. The van der Waals surface area contributed by atoms with Crippen molar-refractivity contribution in [3.8, 4) is 0 Å². The molecule has 0 saturated carbocycles. The maximum absolute atomic E-state index is 13.9. The maximum Gasteiger partial charge on any atom is 0.239 e. The van der Waals surface area contributed by atoms with Crippen LogP contribution in [0.25, 0.3) is 0 Å². The van der Waals surface area contributed by atoms with Crippen LogP contribution in [0, 0.1) is 17.6 Å². The largest absolute Gasteiger partial charge is 0.355 e. The maximum atomic E-state index is 13.9. The first-order valence-corrected chi connectivity index (χ1v) is 8.14. The van der Waals surface area contributed by atoms with E-state index in [4.69, 9.17) is 0 Å². The first-order valence-electron chi connectivity index (χ1n) is 8.14. The molecule has 1 atom stereocenters. The standard InChI is InChI=1S/C19H18F2N2O2/c20-14-6-7-17(16(21)12-14)23-11-9-15(19(23)25)18(24)22-10-8-13-4-2-1-3-5-13/h1-7,12,15H,8-11H2,(H,22,24)/t15-/m0/s1. The molecular weight excluding hydrogens is 326 g/mol. The summed E-state index contributed by atoms with van der Waals surface area (Å²) in [6, 6.07) is 12.7. The second kappa shape index (κ2) is 7.42. The molecule has 1 saturated heterocycles. The smallest absolute Gasteiger partial charge is 0.239 e. The summed E-state index contributed by atoms with van der Waals surface area (Å²) >= 11 is 0. The molecule has 130 valence electrons. The highest BCUT2D eigenvalue weighted by Crippen LogP contribution is 2.28. The fraction of sp³-hybridized carbons (Fsp3) is 0.263. The van der Waals surface area contributed by atoms with E-state index in [2.05, 4.69) is 5.32 Å². The molecule has 0 bridgehead atoms. The molecule has 2 aromatic rings. The number of hydrogen-bond acceptors (Lipinski definition) is 2. The van der Waals surface area contributed by atoms with E-state index in [1.165, 1.54) is 11.0 Å². The van der Waals surface area contributed by atoms with E-state index >= 15 is 0 Å². The number of carbonyl (C=O) groups is 2. The van der Waals surface area contributed by atoms with Gasteiger partial charge in [-0.1, -0.05) is 30.3 Å². The Morgan fingerprint density at radius 1 is 1.16 bits per heavy atom. The molecule has 1 heterocycles. The van der Waals surface area contributed by atoms with Crippen molar-refractivity contribution in [2.75, 3.05) is 18.0 Å². The highest BCUT2D eigenvalue weighted by Gasteiger charge is 2.38. The average Bonchev–Trinajstić information content (AvgIpc) is 2.97. The molecule has 0 aliphatic carbocycles. The summed E-state index contributed by atoms with van der Waals surface area (Å²) in [5.41, 5.74) is 1.10. The van der Waals surface area contributed by atoms with Crippen LogP contribution in [0.15, 0.2) is 48.5 Å². The van der Waals surface area contributed by atoms with E-state index in [1.54, 1.807) is 0 Å². The number of anilines is 1. The second-order valence-electron chi connectivity index (χ2n) is 5.95. The Hall–Kier alpha value is -2.76. The molecule has 0 radical (unpaired) electrons. The van der Waals surface area contributed by atoms with Gasteiger partial charge in [-0.25, -0.2) is 8.78 Å². The first kappa shape index (κ1) is 17.1. The Morgan fingerprint density at radius 2 is 1.92 bits per heavy atom. The van der Waals surface area contributed by atoms with Gasteiger partial charge in [-0.15, -0.1) is 0 Å². The lowest BCUT2D eigenvalue weighted by Crippen LogP contribution is -2.37. The van der Waals surface area contributed by atoms with E-state index in [0.29, 0.717) is 19.4 Å². The Kier molecular flexibility index (Phi) is 5.07. The van der Waals surface area contributed by atoms with Gasteiger partial charge in [0, 0.05) is 19.2 Å². The van der Waals surface area contributed by atoms with Crippen molar-refractivity contribution in [1.82, 2.24) is 5.32 Å². The van der Waals surface area contributed by atoms with Crippen LogP contribution in [0.3, 0.4) is 0 Å². The number of carbonyl (C=O) groups excluding carboxylic acids is 2. The van der Waals surface area contributed by atoms with Crippen LogP contribution in [0.4, 0.5) is 14.5 Å². The van der Waals surface area contributed by atoms with E-state index < -0.39 is 23.5 Å². The number of nitrogens with one attached hydrogen (secondary N) is 1. The summed E-state index contributed by atoms with van der Waals surface area (Å²) in [6.45, 7) is 0.662. The lowest BCUT2D eigenvalue weighted by molar-refractivity contribution is -0.132. The molecular formula is C19H18F2N2O2. The van der Waals surface area contributed by atoms with E-state index in [1.807, 2.05) is 30.3 Å². The number of hydrogen-bond donors (Lipinski definition) is 1. The number of nitrogens with zero attached hydrogens (tertiary/aromatic N) is 1. The van der Waals surface area contributed by atoms with Gasteiger partial charge in [-0.05, 0) is 30.5 Å². The minimum absolute atomic E-state index is 0.00554. The van der Waals surface area contributed by atoms with Crippen molar-refractivity contribution in [1.29, 1.82) is 0 Å². The third-order valence-electron chi connectivity index (χ3n) is 4.28. The van der Waals surface area contributed by atoms with Crippen molar-refractivity contribution >= 4 is 17.5 Å². The van der Waals surface area contributed by atoms with Gasteiger partial charge in [0.25, 0.3) is 0 Å². The fourth-order valence-corrected chi connectivity index (χ4v) is 2.96. The molecule has 1 aliphatic heterocycles. The molecule has 2 amide bonds. The molecule has 0 aromatic heterocycles. The zero-order valence-corrected chi connectivity index (χ0v) is 13.5. The Bertz CT molecular complexity index is 780. The van der Waals surface area contributed by atoms with Crippen molar-refractivity contribution < 1.29 is 18.4 Å². The monoisotopic (exact) mass is 344 g/mol. The lowest BCUT2D eigenvalue weighted by Gasteiger charge is -2.17. The molecule has 0 unspecified atom stereocenters. The van der Waals surface area contributed by atoms with Crippen LogP contribution in [-0.2, 0) is 16.0 Å². The molecule has 0 spiro atoms. The lowest BCUT2D eigenvalue weighted by atomic mass is 10.1. The molecule has 1 N–H and O–H groups in total. The van der Waals surface area contributed by atoms with Gasteiger partial charge >= 0.3 is 0 Å². The zero-order valence-electron chi connectivity index (χ0n) is 13.5. The fourth-order valence-electron chi connectivity index (χ4n) is 2.96. The van der Waals surface area contributed by atoms with Crippen molar-refractivity contribution in [2.24, 2.45) is 5.92 Å². The third-order valence-corrected chi connectivity index (χ3v) is 4.28. The van der Waals surface area contributed by atoms with Crippen molar-refractivity contribution in [3.05, 3.63) is 65.7 Å². The normalized spacial score (nSPS) is 17.0. The van der Waals surface area contributed by atoms with Crippen molar-refractivity contribution in [3.63, 3.8) is 0 Å². The number of halogens is 2. The van der Waals surface area contributed by atoms with Crippen LogP contribution in [-0.4, -0.2) is 24.9 Å². The predicted octanol–water partition coefficient (Wildman–Crippen LogP) is 2.68. The van der Waals surface area contributed by atoms with Crippen LogP contribution in [0.5, 0.6) is 0 Å². The highest BCUT2D eigenvalue weighted by molar-refractivity contribution is 6.09. The summed E-state index contributed by atoms with van der Waals surface area (Å²) < 4.78 is 26.9. The summed E-state index contributed by atoms with van der Waals surface area (Å²) in [6.07, 6.45) is 0.983. The molecule has 2 aromatic carbocycles. The predicted molar refractivity (Wildman–Crippen MR) is 90.0 cm³/mol. The zero-order chi connectivity index (χ0) is 17.8. The van der Waals surface area contributed by atoms with Gasteiger partial charge in [-0.2, -0.15) is 0 Å². The van der Waals surface area contributed by atoms with Crippen LogP contribution in [0.1, 0.15) is 12.0 Å². The van der Waals surface area contributed by atoms with E-state index in [9.17, 15) is 18.4 Å². The van der Waals surface area contributed by atoms with E-state index in [0.717, 1.165) is 17.7 Å². The third kappa shape index (κ3) is 3.84. The van der Waals surface area contributed by atoms with Gasteiger partial charge in [-0.3, -0.25) is 9.59 Å². The molecule has 4 nitrogen and oxygen atoms in total. The molecule has 3 rings (SSSR count). The average molecular weight is 344 g/mol. The Labute approximate surface area is 144 Å². The number of amides is 2. The quantitative estimate of drug-likeness (QED) is 0.848. The Balaban J connectivity index is 1.58. The first-order chi connectivity index (χ1) is 12.1. The van der Waals surface area contributed by atoms with Gasteiger partial charge in [0.15, 0.2) is 0 Å². The summed E-state index contributed by atoms with van der Waals surface area (Å²) in [7, 11) is 0. The van der Waals surface area contributed by atoms with Crippen LogP contribution < -0.4 is 10.2 Å². The second-order valence-corrected chi connectivity index (χ2v) is 5.95. The van der Waals surface area contributed by atoms with Crippen LogP contribution >= 0.6 is 0 Å². The molecule has 25 heavy (non-hydrogen) atoms. The van der Waals surface area contributed by atoms with Gasteiger partial charge < -0.3 is 10.2 Å². The minimum Gasteiger partial charge on any atom is -0.355 e. The molecule has 1 fully saturated rings. The molecule has 1 aliphatic rings. The van der Waals surface area contributed by atoms with Crippen LogP contribution in [0.2, 0.25) is 0 Å². The van der Waals surface area contributed by atoms with Gasteiger partial charge in [0.2, 0.25) is 11.8 Å². The Morgan fingerprint density at radius 3 is 2.64 bits per heavy atom. The van der Waals surface area contributed by atoms with Gasteiger partial charge in [0.05, 0.1) is 5.69 Å². The topological polar surface area (TPSA) is 49.4 Å². The molecule has 6 heteroatoms. The summed E-state index contributed by atoms with van der Waals surface area (Å²) in [4.78, 5) is 25.9. The summed E-state index contributed by atoms with van der Waals surface area (Å²) in [5, 5.41) is 2.76. The number of benzene rings is 2. The van der Waals surface area contributed by atoms with Gasteiger partial charge in [0.1, 0.15) is 17.6 Å². The van der Waals surface area contributed by atoms with Crippen molar-refractivity contribution in [2.45, 2.75) is 12.8 Å². The number of rotatable bonds is 5. The summed E-state index contributed by atoms with van der Waals surface area (Å²) in [5.74, 6) is -3.16.